The van der Waals surface area contributed by atoms with Gasteiger partial charge in [-0.25, -0.2) is 15.0 Å². The van der Waals surface area contributed by atoms with Gasteiger partial charge in [0.2, 0.25) is 0 Å². The third-order valence-electron chi connectivity index (χ3n) is 10.7. The molecule has 0 atom stereocenters. The first-order chi connectivity index (χ1) is 24.2. The molecule has 0 aliphatic heterocycles. The zero-order chi connectivity index (χ0) is 34.4. The first kappa shape index (κ1) is 30.1. The van der Waals surface area contributed by atoms with Crippen molar-refractivity contribution in [2.75, 3.05) is 0 Å². The van der Waals surface area contributed by atoms with E-state index in [0.29, 0.717) is 23.2 Å². The fraction of sp³-hybridized carbons (Fsp3) is 0.156. The van der Waals surface area contributed by atoms with Crippen molar-refractivity contribution < 1.29 is 4.42 Å². The molecule has 2 heterocycles. The molecule has 2 aromatic heterocycles. The summed E-state index contributed by atoms with van der Waals surface area (Å²) in [5.74, 6) is 1.59. The smallest absolute Gasteiger partial charge is 0.182 e. The Bertz CT molecular complexity index is 2630. The molecule has 242 valence electrons. The van der Waals surface area contributed by atoms with Crippen LogP contribution in [0.25, 0.3) is 72.7 Å². The van der Waals surface area contributed by atoms with E-state index in [2.05, 4.69) is 136 Å². The Morgan fingerprint density at radius 3 is 1.98 bits per heavy atom. The van der Waals surface area contributed by atoms with E-state index < -0.39 is 0 Å². The van der Waals surface area contributed by atoms with Crippen LogP contribution < -0.4 is 0 Å². The van der Waals surface area contributed by atoms with Gasteiger partial charge in [-0.2, -0.15) is 0 Å². The number of hydrogen-bond donors (Lipinski definition) is 0. The Labute approximate surface area is 291 Å². The van der Waals surface area contributed by atoms with Crippen LogP contribution >= 0.6 is 0 Å². The SMILES string of the molecule is C=N/C(=C\C=C/C)c1nc(-c2ccc3c(c2)C(C)(C)c2ccccc2-3)nc(-c2ccc3c(c2)oc2c4c(ccc23)-c2ccccc2C4(C)C)n1. The highest BCUT2D eigenvalue weighted by atomic mass is 16.3. The molecule has 2 aliphatic rings. The number of aromatic nitrogens is 3. The molecule has 5 nitrogen and oxygen atoms in total. The number of rotatable bonds is 5. The minimum Gasteiger partial charge on any atom is -0.456 e. The number of aliphatic imine (C=N–C) groups is 1. The summed E-state index contributed by atoms with van der Waals surface area (Å²) in [6, 6.07) is 34.6. The molecule has 0 spiro atoms. The number of fused-ring (bicyclic) bond motifs is 10. The van der Waals surface area contributed by atoms with Crippen LogP contribution in [0.1, 0.15) is 62.7 Å². The van der Waals surface area contributed by atoms with Gasteiger partial charge in [0, 0.05) is 38.3 Å². The van der Waals surface area contributed by atoms with E-state index in [9.17, 15) is 0 Å². The summed E-state index contributed by atoms with van der Waals surface area (Å²) in [6.45, 7) is 14.9. The van der Waals surface area contributed by atoms with Gasteiger partial charge in [0.1, 0.15) is 16.9 Å². The number of furan rings is 1. The fourth-order valence-electron chi connectivity index (χ4n) is 8.20. The van der Waals surface area contributed by atoms with Crippen LogP contribution in [-0.2, 0) is 10.8 Å². The largest absolute Gasteiger partial charge is 0.456 e. The molecule has 0 radical (unpaired) electrons. The van der Waals surface area contributed by atoms with Gasteiger partial charge >= 0.3 is 0 Å². The number of nitrogens with zero attached hydrogens (tertiary/aromatic N) is 4. The number of allylic oxidation sites excluding steroid dienone is 3. The Morgan fingerprint density at radius 1 is 0.660 bits per heavy atom. The minimum atomic E-state index is -0.181. The van der Waals surface area contributed by atoms with Crippen LogP contribution in [0.5, 0.6) is 0 Å². The molecule has 0 amide bonds. The van der Waals surface area contributed by atoms with Crippen molar-refractivity contribution in [3.8, 4) is 45.0 Å². The van der Waals surface area contributed by atoms with Gasteiger partial charge in [-0.15, -0.1) is 0 Å². The molecule has 0 saturated heterocycles. The van der Waals surface area contributed by atoms with E-state index in [0.717, 1.165) is 33.1 Å². The van der Waals surface area contributed by atoms with E-state index in [4.69, 9.17) is 19.4 Å². The fourth-order valence-corrected chi connectivity index (χ4v) is 8.20. The summed E-state index contributed by atoms with van der Waals surface area (Å²) in [5, 5.41) is 2.17. The summed E-state index contributed by atoms with van der Waals surface area (Å²) in [7, 11) is 0. The lowest BCUT2D eigenvalue weighted by Gasteiger charge is -2.21. The first-order valence-electron chi connectivity index (χ1n) is 17.1. The second-order valence-corrected chi connectivity index (χ2v) is 14.3. The summed E-state index contributed by atoms with van der Waals surface area (Å²) < 4.78 is 6.77. The average Bonchev–Trinajstić information content (AvgIpc) is 3.71. The maximum absolute atomic E-state index is 6.77. The summed E-state index contributed by atoms with van der Waals surface area (Å²) in [4.78, 5) is 19.3. The van der Waals surface area contributed by atoms with E-state index in [1.807, 2.05) is 25.2 Å². The number of hydrogen-bond acceptors (Lipinski definition) is 5. The molecule has 0 fully saturated rings. The predicted octanol–water partition coefficient (Wildman–Crippen LogP) is 11.3. The highest BCUT2D eigenvalue weighted by Gasteiger charge is 2.38. The standard InChI is InChI=1S/C45H36N4O/c1-7-8-17-37(46-6)43-48-41(26-18-20-30-28-13-9-11-15-34(28)44(2,3)36(30)24-26)47-42(49-43)27-19-21-31-33-23-22-32-29-14-10-12-16-35(29)45(4,5)39(32)40(33)50-38(31)25-27/h7-25H,6H2,1-5H3/b8-7-,37-17-. The zero-order valence-corrected chi connectivity index (χ0v) is 28.9. The third-order valence-corrected chi connectivity index (χ3v) is 10.7. The summed E-state index contributed by atoms with van der Waals surface area (Å²) in [6.07, 6.45) is 5.74. The van der Waals surface area contributed by atoms with Crippen molar-refractivity contribution in [1.29, 1.82) is 0 Å². The molecule has 0 N–H and O–H groups in total. The minimum absolute atomic E-state index is 0.150. The highest BCUT2D eigenvalue weighted by Crippen LogP contribution is 2.53. The molecule has 9 rings (SSSR count). The van der Waals surface area contributed by atoms with Crippen molar-refractivity contribution in [3.05, 3.63) is 143 Å². The quantitative estimate of drug-likeness (QED) is 0.138. The second kappa shape index (κ2) is 10.8. The third kappa shape index (κ3) is 4.26. The van der Waals surface area contributed by atoms with Gasteiger partial charge in [0.15, 0.2) is 17.5 Å². The van der Waals surface area contributed by atoms with Crippen LogP contribution in [-0.4, -0.2) is 21.7 Å². The molecule has 7 aromatic rings. The van der Waals surface area contributed by atoms with Gasteiger partial charge in [-0.1, -0.05) is 113 Å². The van der Waals surface area contributed by atoms with Crippen molar-refractivity contribution >= 4 is 34.4 Å². The Morgan fingerprint density at radius 2 is 1.26 bits per heavy atom. The lowest BCUT2D eigenvalue weighted by Crippen LogP contribution is -2.15. The van der Waals surface area contributed by atoms with Crippen molar-refractivity contribution in [1.82, 2.24) is 15.0 Å². The van der Waals surface area contributed by atoms with Gasteiger partial charge in [0.05, 0.1) is 0 Å². The Kier molecular flexibility index (Phi) is 6.50. The summed E-state index contributed by atoms with van der Waals surface area (Å²) >= 11 is 0. The first-order valence-corrected chi connectivity index (χ1v) is 17.1. The average molecular weight is 649 g/mol. The van der Waals surface area contributed by atoms with E-state index in [-0.39, 0.29) is 10.8 Å². The maximum atomic E-state index is 6.77. The van der Waals surface area contributed by atoms with Gasteiger partial charge in [-0.05, 0) is 82.9 Å². The monoisotopic (exact) mass is 648 g/mol. The molecule has 0 bridgehead atoms. The molecule has 50 heavy (non-hydrogen) atoms. The normalized spacial score (nSPS) is 15.3. The van der Waals surface area contributed by atoms with Crippen molar-refractivity contribution in [2.45, 2.75) is 45.4 Å². The van der Waals surface area contributed by atoms with E-state index >= 15 is 0 Å². The molecule has 0 unspecified atom stereocenters. The highest BCUT2D eigenvalue weighted by molar-refractivity contribution is 6.09. The van der Waals surface area contributed by atoms with Crippen LogP contribution in [0.15, 0.2) is 125 Å². The van der Waals surface area contributed by atoms with Crippen molar-refractivity contribution in [2.24, 2.45) is 4.99 Å². The lowest BCUT2D eigenvalue weighted by atomic mass is 9.82. The van der Waals surface area contributed by atoms with Crippen molar-refractivity contribution in [3.63, 3.8) is 0 Å². The molecular weight excluding hydrogens is 613 g/mol. The predicted molar refractivity (Wildman–Crippen MR) is 205 cm³/mol. The number of benzene rings is 5. The van der Waals surface area contributed by atoms with E-state index in [1.54, 1.807) is 0 Å². The van der Waals surface area contributed by atoms with Gasteiger partial charge in [-0.3, -0.25) is 4.99 Å². The molecular formula is C45H36N4O. The van der Waals surface area contributed by atoms with Crippen LogP contribution in [0.3, 0.4) is 0 Å². The van der Waals surface area contributed by atoms with Gasteiger partial charge in [0.25, 0.3) is 0 Å². The van der Waals surface area contributed by atoms with Crippen LogP contribution in [0.4, 0.5) is 0 Å². The maximum Gasteiger partial charge on any atom is 0.182 e. The second-order valence-electron chi connectivity index (χ2n) is 14.3. The molecule has 2 aliphatic carbocycles. The van der Waals surface area contributed by atoms with E-state index in [1.165, 1.54) is 44.5 Å². The molecule has 5 aromatic carbocycles. The van der Waals surface area contributed by atoms with Crippen LogP contribution in [0, 0.1) is 0 Å². The topological polar surface area (TPSA) is 64.2 Å². The Hall–Kier alpha value is -5.94. The molecule has 0 saturated carbocycles. The zero-order valence-electron chi connectivity index (χ0n) is 28.9. The lowest BCUT2D eigenvalue weighted by molar-refractivity contribution is 0.620. The van der Waals surface area contributed by atoms with Crippen LogP contribution in [0.2, 0.25) is 0 Å². The van der Waals surface area contributed by atoms with Gasteiger partial charge < -0.3 is 4.42 Å². The summed E-state index contributed by atoms with van der Waals surface area (Å²) in [5.41, 5.74) is 13.9. The molecule has 5 heteroatoms. The Balaban J connectivity index is 1.21.